The molecular weight excluding hydrogens is 368 g/mol. The van der Waals surface area contributed by atoms with Crippen LogP contribution in [0.25, 0.3) is 0 Å². The number of aromatic nitrogens is 1. The highest BCUT2D eigenvalue weighted by Gasteiger charge is 2.34. The molecule has 29 heavy (non-hydrogen) atoms. The van der Waals surface area contributed by atoms with Gasteiger partial charge in [-0.2, -0.15) is 0 Å². The van der Waals surface area contributed by atoms with Gasteiger partial charge in [-0.25, -0.2) is 4.79 Å². The summed E-state index contributed by atoms with van der Waals surface area (Å²) in [6.45, 7) is 4.56. The Labute approximate surface area is 171 Å². The Kier molecular flexibility index (Phi) is 6.27. The summed E-state index contributed by atoms with van der Waals surface area (Å²) in [5.74, 6) is 1.47. The lowest BCUT2D eigenvalue weighted by atomic mass is 9.88. The van der Waals surface area contributed by atoms with E-state index >= 15 is 0 Å². The van der Waals surface area contributed by atoms with Crippen molar-refractivity contribution in [3.63, 3.8) is 0 Å². The molecule has 154 valence electrons. The molecule has 2 aliphatic rings. The van der Waals surface area contributed by atoms with Crippen molar-refractivity contribution in [3.05, 3.63) is 54.4 Å². The normalized spacial score (nSPS) is 22.5. The monoisotopic (exact) mass is 396 g/mol. The molecule has 0 saturated carbocycles. The van der Waals surface area contributed by atoms with E-state index in [0.29, 0.717) is 5.92 Å². The molecule has 2 fully saturated rings. The van der Waals surface area contributed by atoms with Gasteiger partial charge in [0.15, 0.2) is 0 Å². The zero-order valence-electron chi connectivity index (χ0n) is 16.7. The SMILES string of the molecule is COc1ccc(C2CN(CC3COC3)CCC2NC(=O)Nc2ccccc2)nc1. The molecule has 0 aliphatic carbocycles. The van der Waals surface area contributed by atoms with Crippen molar-refractivity contribution in [1.82, 2.24) is 15.2 Å². The number of carbonyl (C=O) groups is 1. The minimum absolute atomic E-state index is 0.0218. The fraction of sp³-hybridized carbons (Fsp3) is 0.455. The molecular formula is C22H28N4O3. The van der Waals surface area contributed by atoms with Crippen LogP contribution in [0.3, 0.4) is 0 Å². The van der Waals surface area contributed by atoms with Crippen molar-refractivity contribution in [2.24, 2.45) is 5.92 Å². The first kappa shape index (κ1) is 19.7. The van der Waals surface area contributed by atoms with E-state index in [1.165, 1.54) is 0 Å². The number of hydrogen-bond donors (Lipinski definition) is 2. The predicted octanol–water partition coefficient (Wildman–Crippen LogP) is 2.72. The molecule has 2 amide bonds. The first-order valence-corrected chi connectivity index (χ1v) is 10.1. The van der Waals surface area contributed by atoms with Gasteiger partial charge in [0.2, 0.25) is 0 Å². The van der Waals surface area contributed by atoms with E-state index in [9.17, 15) is 4.79 Å². The Morgan fingerprint density at radius 2 is 2.07 bits per heavy atom. The van der Waals surface area contributed by atoms with Gasteiger partial charge in [0.25, 0.3) is 0 Å². The van der Waals surface area contributed by atoms with E-state index in [1.807, 2.05) is 42.5 Å². The molecule has 0 spiro atoms. The van der Waals surface area contributed by atoms with E-state index < -0.39 is 0 Å². The molecule has 2 aromatic rings. The van der Waals surface area contributed by atoms with Crippen LogP contribution in [-0.4, -0.2) is 61.9 Å². The van der Waals surface area contributed by atoms with Gasteiger partial charge in [-0.15, -0.1) is 0 Å². The summed E-state index contributed by atoms with van der Waals surface area (Å²) in [6.07, 6.45) is 2.63. The highest BCUT2D eigenvalue weighted by Crippen LogP contribution is 2.28. The zero-order valence-corrected chi connectivity index (χ0v) is 16.7. The van der Waals surface area contributed by atoms with Gasteiger partial charge in [-0.1, -0.05) is 18.2 Å². The maximum atomic E-state index is 12.6. The Balaban J connectivity index is 1.45. The molecule has 2 atom stereocenters. The molecule has 2 N–H and O–H groups in total. The first-order chi connectivity index (χ1) is 14.2. The van der Waals surface area contributed by atoms with Gasteiger partial charge < -0.3 is 25.0 Å². The summed E-state index contributed by atoms with van der Waals surface area (Å²) in [6, 6.07) is 13.3. The summed E-state index contributed by atoms with van der Waals surface area (Å²) in [5.41, 5.74) is 1.76. The van der Waals surface area contributed by atoms with E-state index in [-0.39, 0.29) is 18.0 Å². The Bertz CT molecular complexity index is 795. The number of nitrogens with one attached hydrogen (secondary N) is 2. The minimum atomic E-state index is -0.180. The number of nitrogens with zero attached hydrogens (tertiary/aromatic N) is 2. The van der Waals surface area contributed by atoms with Gasteiger partial charge >= 0.3 is 6.03 Å². The van der Waals surface area contributed by atoms with Crippen LogP contribution >= 0.6 is 0 Å². The maximum Gasteiger partial charge on any atom is 0.319 e. The summed E-state index contributed by atoms with van der Waals surface area (Å²) < 4.78 is 10.6. The second kappa shape index (κ2) is 9.24. The predicted molar refractivity (Wildman–Crippen MR) is 111 cm³/mol. The lowest BCUT2D eigenvalue weighted by Gasteiger charge is -2.41. The van der Waals surface area contributed by atoms with Crippen LogP contribution in [0.2, 0.25) is 0 Å². The van der Waals surface area contributed by atoms with Crippen LogP contribution in [0.1, 0.15) is 18.0 Å². The number of likely N-dealkylation sites (tertiary alicyclic amines) is 1. The summed E-state index contributed by atoms with van der Waals surface area (Å²) in [5, 5.41) is 6.09. The van der Waals surface area contributed by atoms with Gasteiger partial charge in [-0.3, -0.25) is 4.98 Å². The molecule has 3 heterocycles. The average Bonchev–Trinajstić information content (AvgIpc) is 2.72. The number of methoxy groups -OCH3 is 1. The highest BCUT2D eigenvalue weighted by molar-refractivity contribution is 5.89. The van der Waals surface area contributed by atoms with E-state index in [2.05, 4.69) is 20.5 Å². The van der Waals surface area contributed by atoms with Crippen molar-refractivity contribution < 1.29 is 14.3 Å². The molecule has 0 radical (unpaired) electrons. The van der Waals surface area contributed by atoms with E-state index in [4.69, 9.17) is 9.47 Å². The number of piperidine rings is 1. The number of carbonyl (C=O) groups excluding carboxylic acids is 1. The quantitative estimate of drug-likeness (QED) is 0.785. The lowest BCUT2D eigenvalue weighted by molar-refractivity contribution is -0.0499. The number of amides is 2. The topological polar surface area (TPSA) is 75.7 Å². The smallest absolute Gasteiger partial charge is 0.319 e. The number of para-hydroxylation sites is 1. The molecule has 1 aromatic carbocycles. The Morgan fingerprint density at radius 1 is 1.24 bits per heavy atom. The third-order valence-corrected chi connectivity index (χ3v) is 5.64. The summed E-state index contributed by atoms with van der Waals surface area (Å²) in [7, 11) is 1.64. The number of rotatable bonds is 6. The molecule has 7 nitrogen and oxygen atoms in total. The summed E-state index contributed by atoms with van der Waals surface area (Å²) >= 11 is 0. The van der Waals surface area contributed by atoms with Crippen molar-refractivity contribution in [2.75, 3.05) is 45.3 Å². The Hall–Kier alpha value is -2.64. The maximum absolute atomic E-state index is 12.6. The van der Waals surface area contributed by atoms with Gasteiger partial charge in [0.05, 0.1) is 26.5 Å². The largest absolute Gasteiger partial charge is 0.495 e. The fourth-order valence-corrected chi connectivity index (χ4v) is 4.00. The molecule has 2 unspecified atom stereocenters. The zero-order chi connectivity index (χ0) is 20.1. The minimum Gasteiger partial charge on any atom is -0.495 e. The second-order valence-electron chi connectivity index (χ2n) is 7.75. The molecule has 2 saturated heterocycles. The third kappa shape index (κ3) is 5.05. The van der Waals surface area contributed by atoms with Crippen LogP contribution in [0, 0.1) is 5.92 Å². The number of hydrogen-bond acceptors (Lipinski definition) is 5. The second-order valence-corrected chi connectivity index (χ2v) is 7.75. The van der Waals surface area contributed by atoms with Crippen molar-refractivity contribution in [2.45, 2.75) is 18.4 Å². The molecule has 0 bridgehead atoms. The Morgan fingerprint density at radius 3 is 2.72 bits per heavy atom. The average molecular weight is 396 g/mol. The van der Waals surface area contributed by atoms with Gasteiger partial charge in [0.1, 0.15) is 5.75 Å². The van der Waals surface area contributed by atoms with Crippen LogP contribution in [-0.2, 0) is 4.74 Å². The number of urea groups is 1. The fourth-order valence-electron chi connectivity index (χ4n) is 4.00. The van der Waals surface area contributed by atoms with Crippen LogP contribution in [0.5, 0.6) is 5.75 Å². The molecule has 7 heteroatoms. The number of ether oxygens (including phenoxy) is 2. The third-order valence-electron chi connectivity index (χ3n) is 5.64. The van der Waals surface area contributed by atoms with Crippen LogP contribution < -0.4 is 15.4 Å². The van der Waals surface area contributed by atoms with Crippen molar-refractivity contribution in [3.8, 4) is 5.75 Å². The summed E-state index contributed by atoms with van der Waals surface area (Å²) in [4.78, 5) is 19.7. The van der Waals surface area contributed by atoms with E-state index in [1.54, 1.807) is 13.3 Å². The van der Waals surface area contributed by atoms with Crippen LogP contribution in [0.15, 0.2) is 48.7 Å². The highest BCUT2D eigenvalue weighted by atomic mass is 16.5. The molecule has 4 rings (SSSR count). The van der Waals surface area contributed by atoms with Crippen molar-refractivity contribution >= 4 is 11.7 Å². The van der Waals surface area contributed by atoms with Gasteiger partial charge in [0, 0.05) is 48.9 Å². The number of benzene rings is 1. The van der Waals surface area contributed by atoms with E-state index in [0.717, 1.165) is 56.4 Å². The first-order valence-electron chi connectivity index (χ1n) is 10.1. The number of pyridine rings is 1. The van der Waals surface area contributed by atoms with Crippen molar-refractivity contribution in [1.29, 1.82) is 0 Å². The molecule has 1 aromatic heterocycles. The van der Waals surface area contributed by atoms with Crippen LogP contribution in [0.4, 0.5) is 10.5 Å². The number of anilines is 1. The standard InChI is InChI=1S/C22H28N4O3/c1-28-18-7-8-20(23-11-18)19-13-26(12-16-14-29-15-16)10-9-21(19)25-22(27)24-17-5-3-2-4-6-17/h2-8,11,16,19,21H,9-10,12-15H2,1H3,(H2,24,25,27). The molecule has 2 aliphatic heterocycles. The van der Waals surface area contributed by atoms with Gasteiger partial charge in [-0.05, 0) is 30.7 Å². The lowest BCUT2D eigenvalue weighted by Crippen LogP contribution is -2.52.